The fourth-order valence-electron chi connectivity index (χ4n) is 2.44. The molecule has 3 aromatic rings. The number of H-pyrrole nitrogens is 1. The number of nitrogens with one attached hydrogen (secondary N) is 1. The van der Waals surface area contributed by atoms with Crippen molar-refractivity contribution in [3.63, 3.8) is 0 Å². The summed E-state index contributed by atoms with van der Waals surface area (Å²) in [5.41, 5.74) is 2.17. The number of aromatic amines is 1. The molecular weight excluding hydrogens is 278 g/mol. The molecule has 4 heteroatoms. The third kappa shape index (κ3) is 2.55. The number of hydrogen-bond acceptors (Lipinski definition) is 3. The standard InChI is InChI=1S/C18H17NO3/c1-3-22-17-11-14(6-7-16(17)21-2)18(20)13-5-4-12-8-9-19-15(12)10-13/h4-11,19H,3H2,1-2H3. The minimum atomic E-state index is -0.0416. The van der Waals surface area contributed by atoms with Gasteiger partial charge in [0.25, 0.3) is 0 Å². The highest BCUT2D eigenvalue weighted by Gasteiger charge is 2.13. The third-order valence-corrected chi connectivity index (χ3v) is 3.54. The quantitative estimate of drug-likeness (QED) is 0.728. The molecule has 0 aliphatic heterocycles. The summed E-state index contributed by atoms with van der Waals surface area (Å²) in [6, 6.07) is 12.8. The van der Waals surface area contributed by atoms with Gasteiger partial charge in [-0.3, -0.25) is 4.79 Å². The lowest BCUT2D eigenvalue weighted by atomic mass is 10.0. The van der Waals surface area contributed by atoms with E-state index in [2.05, 4.69) is 4.98 Å². The van der Waals surface area contributed by atoms with Gasteiger partial charge in [-0.15, -0.1) is 0 Å². The van der Waals surface area contributed by atoms with Crippen molar-refractivity contribution in [3.05, 3.63) is 59.8 Å². The van der Waals surface area contributed by atoms with Crippen LogP contribution in [0, 0.1) is 0 Å². The molecular formula is C18H17NO3. The second-order valence-corrected chi connectivity index (χ2v) is 4.91. The fraction of sp³-hybridized carbons (Fsp3) is 0.167. The Kier molecular flexibility index (Phi) is 3.83. The molecule has 1 heterocycles. The SMILES string of the molecule is CCOc1cc(C(=O)c2ccc3cc[nH]c3c2)ccc1OC. The molecule has 0 saturated carbocycles. The minimum absolute atomic E-state index is 0.0416. The molecule has 1 N–H and O–H groups in total. The van der Waals surface area contributed by atoms with E-state index in [1.165, 1.54) is 0 Å². The molecule has 3 rings (SSSR count). The second-order valence-electron chi connectivity index (χ2n) is 4.91. The van der Waals surface area contributed by atoms with Gasteiger partial charge in [-0.2, -0.15) is 0 Å². The Balaban J connectivity index is 1.98. The molecule has 0 fully saturated rings. The van der Waals surface area contributed by atoms with Gasteiger partial charge in [0.1, 0.15) is 0 Å². The van der Waals surface area contributed by atoms with Gasteiger partial charge in [-0.05, 0) is 42.6 Å². The van der Waals surface area contributed by atoms with Crippen molar-refractivity contribution < 1.29 is 14.3 Å². The smallest absolute Gasteiger partial charge is 0.193 e. The summed E-state index contributed by atoms with van der Waals surface area (Å²) in [6.07, 6.45) is 1.86. The first-order valence-electron chi connectivity index (χ1n) is 7.15. The van der Waals surface area contributed by atoms with Gasteiger partial charge in [0, 0.05) is 22.8 Å². The van der Waals surface area contributed by atoms with E-state index in [9.17, 15) is 4.79 Å². The summed E-state index contributed by atoms with van der Waals surface area (Å²) in [5.74, 6) is 1.16. The average molecular weight is 295 g/mol. The van der Waals surface area contributed by atoms with E-state index in [4.69, 9.17) is 9.47 Å². The van der Waals surface area contributed by atoms with E-state index in [1.54, 1.807) is 25.3 Å². The van der Waals surface area contributed by atoms with Gasteiger partial charge < -0.3 is 14.5 Å². The summed E-state index contributed by atoms with van der Waals surface area (Å²) in [6.45, 7) is 2.41. The van der Waals surface area contributed by atoms with Crippen LogP contribution in [0.3, 0.4) is 0 Å². The molecule has 0 unspecified atom stereocenters. The zero-order valence-electron chi connectivity index (χ0n) is 12.6. The normalized spacial score (nSPS) is 10.6. The van der Waals surface area contributed by atoms with Crippen molar-refractivity contribution >= 4 is 16.7 Å². The third-order valence-electron chi connectivity index (χ3n) is 3.54. The maximum absolute atomic E-state index is 12.7. The number of carbonyl (C=O) groups excluding carboxylic acids is 1. The molecule has 4 nitrogen and oxygen atoms in total. The number of carbonyl (C=O) groups is 1. The van der Waals surface area contributed by atoms with E-state index in [1.807, 2.05) is 37.4 Å². The number of hydrogen-bond donors (Lipinski definition) is 1. The number of methoxy groups -OCH3 is 1. The van der Waals surface area contributed by atoms with Gasteiger partial charge >= 0.3 is 0 Å². The molecule has 0 aliphatic rings. The number of rotatable bonds is 5. The van der Waals surface area contributed by atoms with Crippen molar-refractivity contribution in [1.82, 2.24) is 4.98 Å². The van der Waals surface area contributed by atoms with E-state index in [0.29, 0.717) is 29.2 Å². The van der Waals surface area contributed by atoms with Gasteiger partial charge in [0.05, 0.1) is 13.7 Å². The zero-order chi connectivity index (χ0) is 15.5. The van der Waals surface area contributed by atoms with Crippen molar-refractivity contribution in [2.24, 2.45) is 0 Å². The Bertz CT molecular complexity index is 820. The molecule has 22 heavy (non-hydrogen) atoms. The Morgan fingerprint density at radius 2 is 1.82 bits per heavy atom. The van der Waals surface area contributed by atoms with Crippen LogP contribution in [-0.2, 0) is 0 Å². The van der Waals surface area contributed by atoms with Crippen molar-refractivity contribution in [3.8, 4) is 11.5 Å². The summed E-state index contributed by atoms with van der Waals surface area (Å²) >= 11 is 0. The molecule has 112 valence electrons. The van der Waals surface area contributed by atoms with Crippen LogP contribution in [0.25, 0.3) is 10.9 Å². The fourth-order valence-corrected chi connectivity index (χ4v) is 2.44. The largest absolute Gasteiger partial charge is 0.493 e. The lowest BCUT2D eigenvalue weighted by Crippen LogP contribution is -2.03. The van der Waals surface area contributed by atoms with E-state index < -0.39 is 0 Å². The van der Waals surface area contributed by atoms with Crippen LogP contribution in [0.15, 0.2) is 48.7 Å². The highest BCUT2D eigenvalue weighted by atomic mass is 16.5. The van der Waals surface area contributed by atoms with E-state index in [0.717, 1.165) is 10.9 Å². The summed E-state index contributed by atoms with van der Waals surface area (Å²) < 4.78 is 10.8. The molecule has 1 aromatic heterocycles. The van der Waals surface area contributed by atoms with Crippen LogP contribution in [0.1, 0.15) is 22.8 Å². The first-order chi connectivity index (χ1) is 10.7. The Labute approximate surface area is 128 Å². The highest BCUT2D eigenvalue weighted by molar-refractivity contribution is 6.10. The van der Waals surface area contributed by atoms with E-state index in [-0.39, 0.29) is 5.78 Å². The molecule has 0 radical (unpaired) electrons. The average Bonchev–Trinajstić information content (AvgIpc) is 3.02. The molecule has 0 amide bonds. The highest BCUT2D eigenvalue weighted by Crippen LogP contribution is 2.29. The van der Waals surface area contributed by atoms with Crippen LogP contribution >= 0.6 is 0 Å². The monoisotopic (exact) mass is 295 g/mol. The summed E-state index contributed by atoms with van der Waals surface area (Å²) in [7, 11) is 1.58. The molecule has 2 aromatic carbocycles. The number of ether oxygens (including phenoxy) is 2. The number of fused-ring (bicyclic) bond motifs is 1. The number of benzene rings is 2. The molecule has 0 bridgehead atoms. The maximum Gasteiger partial charge on any atom is 0.193 e. The van der Waals surface area contributed by atoms with Gasteiger partial charge in [-0.25, -0.2) is 0 Å². The van der Waals surface area contributed by atoms with Crippen LogP contribution in [0.5, 0.6) is 11.5 Å². The first kappa shape index (κ1) is 14.2. The maximum atomic E-state index is 12.7. The topological polar surface area (TPSA) is 51.3 Å². The first-order valence-corrected chi connectivity index (χ1v) is 7.15. The Morgan fingerprint density at radius 3 is 2.59 bits per heavy atom. The van der Waals surface area contributed by atoms with Crippen LogP contribution in [-0.4, -0.2) is 24.5 Å². The summed E-state index contributed by atoms with van der Waals surface area (Å²) in [5, 5.41) is 1.08. The van der Waals surface area contributed by atoms with Crippen LogP contribution in [0.4, 0.5) is 0 Å². The minimum Gasteiger partial charge on any atom is -0.493 e. The van der Waals surface area contributed by atoms with Gasteiger partial charge in [-0.1, -0.05) is 12.1 Å². The van der Waals surface area contributed by atoms with Gasteiger partial charge in [0.15, 0.2) is 17.3 Å². The lowest BCUT2D eigenvalue weighted by Gasteiger charge is -2.10. The molecule has 0 atom stereocenters. The van der Waals surface area contributed by atoms with Crippen molar-refractivity contribution in [2.75, 3.05) is 13.7 Å². The molecule has 0 spiro atoms. The van der Waals surface area contributed by atoms with Crippen LogP contribution in [0.2, 0.25) is 0 Å². The Hall–Kier alpha value is -2.75. The molecule has 0 aliphatic carbocycles. The predicted molar refractivity (Wildman–Crippen MR) is 85.9 cm³/mol. The van der Waals surface area contributed by atoms with Crippen molar-refractivity contribution in [1.29, 1.82) is 0 Å². The number of aromatic nitrogens is 1. The predicted octanol–water partition coefficient (Wildman–Crippen LogP) is 3.81. The number of ketones is 1. The van der Waals surface area contributed by atoms with Crippen molar-refractivity contribution in [2.45, 2.75) is 6.92 Å². The second kappa shape index (κ2) is 5.93. The summed E-state index contributed by atoms with van der Waals surface area (Å²) in [4.78, 5) is 15.8. The van der Waals surface area contributed by atoms with Gasteiger partial charge in [0.2, 0.25) is 0 Å². The Morgan fingerprint density at radius 1 is 1.05 bits per heavy atom. The van der Waals surface area contributed by atoms with E-state index >= 15 is 0 Å². The molecule has 0 saturated heterocycles. The zero-order valence-corrected chi connectivity index (χ0v) is 12.6. The van der Waals surface area contributed by atoms with Crippen LogP contribution < -0.4 is 9.47 Å². The lowest BCUT2D eigenvalue weighted by molar-refractivity contribution is 0.103.